The zero-order chi connectivity index (χ0) is 28.7. The summed E-state index contributed by atoms with van der Waals surface area (Å²) in [7, 11) is 0. The van der Waals surface area contributed by atoms with E-state index >= 15 is 0 Å². The maximum Gasteiger partial charge on any atom is 0.254 e. The van der Waals surface area contributed by atoms with Gasteiger partial charge in [0.2, 0.25) is 0 Å². The third kappa shape index (κ3) is 5.12. The highest BCUT2D eigenvalue weighted by molar-refractivity contribution is 5.97. The van der Waals surface area contributed by atoms with Crippen molar-refractivity contribution in [2.75, 3.05) is 23.3 Å². The van der Waals surface area contributed by atoms with Crippen LogP contribution in [0.25, 0.3) is 0 Å². The number of aliphatic hydroxyl groups is 1. The zero-order valence-electron chi connectivity index (χ0n) is 24.2. The number of fused-ring (bicyclic) bond motifs is 1. The van der Waals surface area contributed by atoms with Crippen LogP contribution in [0.5, 0.6) is 0 Å². The molecular formula is C33H38N6O2. The summed E-state index contributed by atoms with van der Waals surface area (Å²) in [5.41, 5.74) is 5.08. The van der Waals surface area contributed by atoms with Gasteiger partial charge in [-0.3, -0.25) is 4.79 Å². The predicted octanol–water partition coefficient (Wildman–Crippen LogP) is 5.54. The number of benzene rings is 2. The van der Waals surface area contributed by atoms with Crippen LogP contribution in [-0.4, -0.2) is 50.0 Å². The molecule has 0 unspecified atom stereocenters. The molecule has 0 saturated carbocycles. The van der Waals surface area contributed by atoms with Crippen LogP contribution in [0.3, 0.4) is 0 Å². The lowest BCUT2D eigenvalue weighted by Gasteiger charge is -2.34. The van der Waals surface area contributed by atoms with Gasteiger partial charge in [0.25, 0.3) is 5.91 Å². The van der Waals surface area contributed by atoms with Gasteiger partial charge in [-0.05, 0) is 30.9 Å². The number of amides is 1. The van der Waals surface area contributed by atoms with Crippen molar-refractivity contribution in [3.05, 3.63) is 101 Å². The number of aryl methyl sites for hydroxylation is 1. The number of nitrogens with one attached hydrogen (secondary N) is 1. The van der Waals surface area contributed by atoms with E-state index in [9.17, 15) is 9.90 Å². The molecule has 0 spiro atoms. The molecule has 212 valence electrons. The number of nitrogens with zero attached hydrogens (tertiary/aromatic N) is 5. The van der Waals surface area contributed by atoms with Crippen LogP contribution in [0.1, 0.15) is 91.3 Å². The van der Waals surface area contributed by atoms with Gasteiger partial charge in [0.05, 0.1) is 5.69 Å². The van der Waals surface area contributed by atoms with Crippen LogP contribution in [0.2, 0.25) is 0 Å². The highest BCUT2D eigenvalue weighted by Gasteiger charge is 2.40. The average Bonchev–Trinajstić information content (AvgIpc) is 3.35. The largest absolute Gasteiger partial charge is 0.383 e. The topological polar surface area (TPSA) is 96.2 Å². The summed E-state index contributed by atoms with van der Waals surface area (Å²) < 4.78 is 1.98. The summed E-state index contributed by atoms with van der Waals surface area (Å²) in [6, 6.07) is 22.4. The van der Waals surface area contributed by atoms with E-state index in [1.165, 1.54) is 0 Å². The van der Waals surface area contributed by atoms with Crippen LogP contribution in [0.15, 0.2) is 66.7 Å². The van der Waals surface area contributed by atoms with Crippen LogP contribution in [-0.2, 0) is 4.79 Å². The minimum atomic E-state index is -1.11. The van der Waals surface area contributed by atoms with Crippen molar-refractivity contribution in [3.63, 3.8) is 0 Å². The van der Waals surface area contributed by atoms with Crippen molar-refractivity contribution in [3.8, 4) is 0 Å². The maximum atomic E-state index is 12.9. The van der Waals surface area contributed by atoms with Gasteiger partial charge in [-0.1, -0.05) is 81.4 Å². The van der Waals surface area contributed by atoms with E-state index in [2.05, 4.69) is 59.4 Å². The molecule has 1 saturated heterocycles. The van der Waals surface area contributed by atoms with Gasteiger partial charge >= 0.3 is 0 Å². The minimum absolute atomic E-state index is 0.200. The van der Waals surface area contributed by atoms with E-state index in [1.807, 2.05) is 54.9 Å². The second-order valence-corrected chi connectivity index (χ2v) is 11.7. The molecule has 41 heavy (non-hydrogen) atoms. The number of carbonyl (C=O) groups excluding carboxylic acids is 1. The summed E-state index contributed by atoms with van der Waals surface area (Å²) in [6.07, 6.45) is 0.702. The Kier molecular flexibility index (Phi) is 7.34. The van der Waals surface area contributed by atoms with Crippen molar-refractivity contribution >= 4 is 17.5 Å². The summed E-state index contributed by atoms with van der Waals surface area (Å²) in [5, 5.41) is 19.1. The maximum absolute atomic E-state index is 12.9. The van der Waals surface area contributed by atoms with Gasteiger partial charge in [0, 0.05) is 48.2 Å². The van der Waals surface area contributed by atoms with E-state index in [0.29, 0.717) is 5.82 Å². The summed E-state index contributed by atoms with van der Waals surface area (Å²) >= 11 is 0. The Morgan fingerprint density at radius 3 is 2.15 bits per heavy atom. The highest BCUT2D eigenvalue weighted by atomic mass is 16.3. The van der Waals surface area contributed by atoms with Gasteiger partial charge in [-0.25, -0.2) is 14.6 Å². The molecule has 1 fully saturated rings. The Balaban J connectivity index is 1.38. The van der Waals surface area contributed by atoms with Crippen molar-refractivity contribution in [2.24, 2.45) is 0 Å². The first-order chi connectivity index (χ1) is 19.8. The van der Waals surface area contributed by atoms with Crippen molar-refractivity contribution in [2.45, 2.75) is 70.4 Å². The minimum Gasteiger partial charge on any atom is -0.383 e. The predicted molar refractivity (Wildman–Crippen MR) is 160 cm³/mol. The lowest BCUT2D eigenvalue weighted by Crippen LogP contribution is -2.38. The Morgan fingerprint density at radius 2 is 1.56 bits per heavy atom. The first-order valence-electron chi connectivity index (χ1n) is 14.6. The number of rotatable bonds is 6. The van der Waals surface area contributed by atoms with E-state index in [-0.39, 0.29) is 29.7 Å². The summed E-state index contributed by atoms with van der Waals surface area (Å²) in [6.45, 7) is 9.91. The van der Waals surface area contributed by atoms with Crippen LogP contribution in [0.4, 0.5) is 11.6 Å². The molecule has 4 heterocycles. The molecule has 6 rings (SSSR count). The molecule has 2 atom stereocenters. The van der Waals surface area contributed by atoms with E-state index in [4.69, 9.17) is 10.1 Å². The van der Waals surface area contributed by atoms with Gasteiger partial charge in [0.15, 0.2) is 0 Å². The summed E-state index contributed by atoms with van der Waals surface area (Å²) in [5.74, 6) is 2.28. The smallest absolute Gasteiger partial charge is 0.254 e. The lowest BCUT2D eigenvalue weighted by atomic mass is 9.84. The SMILES string of the molecule is Cc1cc(N2CCC(c3nn(C(c4ccccc4)c4ccccc4)c4c3[C@H](C)[C@@H](O)C(=O)N4)CC2)nc(C(C)C)n1. The molecule has 2 aromatic carbocycles. The quantitative estimate of drug-likeness (QED) is 0.327. The number of aromatic nitrogens is 4. The second-order valence-electron chi connectivity index (χ2n) is 11.7. The first kappa shape index (κ1) is 27.1. The fraction of sp³-hybridized carbons (Fsp3) is 0.394. The molecule has 0 radical (unpaired) electrons. The van der Waals surface area contributed by atoms with Crippen LogP contribution in [0, 0.1) is 6.92 Å². The molecule has 2 aliphatic rings. The van der Waals surface area contributed by atoms with Gasteiger partial charge < -0.3 is 15.3 Å². The number of aliphatic hydroxyl groups excluding tert-OH is 1. The van der Waals surface area contributed by atoms with E-state index < -0.39 is 6.10 Å². The molecule has 1 amide bonds. The number of piperidine rings is 1. The molecule has 0 bridgehead atoms. The van der Waals surface area contributed by atoms with E-state index in [0.717, 1.165) is 65.7 Å². The monoisotopic (exact) mass is 550 g/mol. The second kappa shape index (κ2) is 11.1. The normalized spacial score (nSPS) is 19.5. The van der Waals surface area contributed by atoms with Gasteiger partial charge in [-0.2, -0.15) is 5.10 Å². The third-order valence-corrected chi connectivity index (χ3v) is 8.47. The van der Waals surface area contributed by atoms with Gasteiger partial charge in [-0.15, -0.1) is 0 Å². The fourth-order valence-electron chi connectivity index (χ4n) is 6.22. The van der Waals surface area contributed by atoms with Gasteiger partial charge in [0.1, 0.15) is 29.6 Å². The Labute approximate surface area is 241 Å². The Hall–Kier alpha value is -4.04. The molecule has 0 aliphatic carbocycles. The average molecular weight is 551 g/mol. The van der Waals surface area contributed by atoms with Crippen molar-refractivity contribution in [1.82, 2.24) is 19.7 Å². The molecule has 8 heteroatoms. The fourth-order valence-corrected chi connectivity index (χ4v) is 6.22. The number of anilines is 2. The summed E-state index contributed by atoms with van der Waals surface area (Å²) in [4.78, 5) is 24.7. The van der Waals surface area contributed by atoms with E-state index in [1.54, 1.807) is 0 Å². The Bertz CT molecular complexity index is 1490. The Morgan fingerprint density at radius 1 is 0.951 bits per heavy atom. The molecule has 4 aromatic rings. The molecule has 8 nitrogen and oxygen atoms in total. The molecule has 2 aliphatic heterocycles. The lowest BCUT2D eigenvalue weighted by molar-refractivity contribution is -0.125. The van der Waals surface area contributed by atoms with Crippen LogP contribution < -0.4 is 10.2 Å². The number of hydrogen-bond acceptors (Lipinski definition) is 6. The van der Waals surface area contributed by atoms with Crippen molar-refractivity contribution < 1.29 is 9.90 Å². The third-order valence-electron chi connectivity index (χ3n) is 8.47. The molecular weight excluding hydrogens is 512 g/mol. The molecule has 2 N–H and O–H groups in total. The zero-order valence-corrected chi connectivity index (χ0v) is 24.2. The highest BCUT2D eigenvalue weighted by Crippen LogP contribution is 2.44. The standard InChI is InChI=1S/C33H38N6O2/c1-20(2)31-34-21(3)19-26(35-31)38-17-15-23(16-18-38)28-27-22(4)30(40)33(41)36-32(27)39(37-28)29(24-11-7-5-8-12-24)25-13-9-6-10-14-25/h5-14,19-20,22-23,29-30,40H,15-18H2,1-4H3,(H,36,41)/t22-,30+/m0/s1. The number of hydrogen-bond donors (Lipinski definition) is 2. The first-order valence-corrected chi connectivity index (χ1v) is 14.6. The molecule has 2 aromatic heterocycles. The number of carbonyl (C=O) groups is 1. The van der Waals surface area contributed by atoms with Crippen molar-refractivity contribution in [1.29, 1.82) is 0 Å². The van der Waals surface area contributed by atoms with Crippen LogP contribution >= 0.6 is 0 Å².